The minimum Gasteiger partial charge on any atom is -0.352 e. The molecule has 1 heterocycles. The molecule has 0 aliphatic carbocycles. The topological polar surface area (TPSA) is 41.1 Å². The first-order valence-corrected chi connectivity index (χ1v) is 7.81. The molecule has 0 aromatic heterocycles. The van der Waals surface area contributed by atoms with Crippen LogP contribution in [0.15, 0.2) is 42.5 Å². The number of carbonyl (C=O) groups is 1. The van der Waals surface area contributed by atoms with Gasteiger partial charge in [-0.05, 0) is 55.1 Å². The molecule has 2 N–H and O–H groups in total. The van der Waals surface area contributed by atoms with Crippen LogP contribution in [0.25, 0.3) is 10.8 Å². The highest BCUT2D eigenvalue weighted by atomic mass is 16.1. The van der Waals surface area contributed by atoms with Crippen molar-refractivity contribution in [3.8, 4) is 0 Å². The molecule has 2 aromatic rings. The zero-order chi connectivity index (χ0) is 14.5. The standard InChI is InChI=1S/C18H22N2O/c21-18(20-13-10-14-8-11-19-12-9-14)17-7-3-5-15-4-1-2-6-16(15)17/h1-7,14,19H,8-13H2,(H,20,21). The minimum atomic E-state index is 0.0423. The maximum absolute atomic E-state index is 12.4. The van der Waals surface area contributed by atoms with Crippen molar-refractivity contribution in [2.24, 2.45) is 5.92 Å². The molecular formula is C18H22N2O. The Kier molecular flexibility index (Phi) is 4.51. The number of hydrogen-bond donors (Lipinski definition) is 2. The van der Waals surface area contributed by atoms with Gasteiger partial charge in [0, 0.05) is 12.1 Å². The van der Waals surface area contributed by atoms with Crippen molar-refractivity contribution in [1.29, 1.82) is 0 Å². The lowest BCUT2D eigenvalue weighted by atomic mass is 9.95. The highest BCUT2D eigenvalue weighted by Crippen LogP contribution is 2.19. The second-order valence-electron chi connectivity index (χ2n) is 5.76. The number of piperidine rings is 1. The van der Waals surface area contributed by atoms with Crippen LogP contribution in [0.5, 0.6) is 0 Å². The van der Waals surface area contributed by atoms with Crippen molar-refractivity contribution in [1.82, 2.24) is 10.6 Å². The molecule has 1 aliphatic heterocycles. The first-order valence-electron chi connectivity index (χ1n) is 7.81. The van der Waals surface area contributed by atoms with Crippen molar-refractivity contribution in [3.63, 3.8) is 0 Å². The Labute approximate surface area is 125 Å². The molecule has 1 amide bonds. The van der Waals surface area contributed by atoms with Gasteiger partial charge < -0.3 is 10.6 Å². The monoisotopic (exact) mass is 282 g/mol. The molecule has 2 aromatic carbocycles. The van der Waals surface area contributed by atoms with Gasteiger partial charge in [-0.3, -0.25) is 4.79 Å². The lowest BCUT2D eigenvalue weighted by molar-refractivity contribution is 0.0952. The van der Waals surface area contributed by atoms with Gasteiger partial charge in [0.15, 0.2) is 0 Å². The van der Waals surface area contributed by atoms with Gasteiger partial charge in [0.05, 0.1) is 0 Å². The van der Waals surface area contributed by atoms with Gasteiger partial charge in [-0.15, -0.1) is 0 Å². The second kappa shape index (κ2) is 6.72. The lowest BCUT2D eigenvalue weighted by Gasteiger charge is -2.22. The molecule has 0 spiro atoms. The summed E-state index contributed by atoms with van der Waals surface area (Å²) in [4.78, 5) is 12.4. The number of nitrogens with one attached hydrogen (secondary N) is 2. The van der Waals surface area contributed by atoms with Crippen LogP contribution in [-0.2, 0) is 0 Å². The fraction of sp³-hybridized carbons (Fsp3) is 0.389. The molecule has 0 saturated carbocycles. The van der Waals surface area contributed by atoms with Crippen LogP contribution in [0.3, 0.4) is 0 Å². The van der Waals surface area contributed by atoms with Crippen LogP contribution >= 0.6 is 0 Å². The van der Waals surface area contributed by atoms with Crippen molar-refractivity contribution in [2.45, 2.75) is 19.3 Å². The third kappa shape index (κ3) is 3.42. The van der Waals surface area contributed by atoms with E-state index in [2.05, 4.69) is 10.6 Å². The molecule has 3 heteroatoms. The third-order valence-electron chi connectivity index (χ3n) is 4.33. The first kappa shape index (κ1) is 14.1. The van der Waals surface area contributed by atoms with Crippen LogP contribution in [0.2, 0.25) is 0 Å². The maximum Gasteiger partial charge on any atom is 0.251 e. The van der Waals surface area contributed by atoms with Gasteiger partial charge in [0.1, 0.15) is 0 Å². The SMILES string of the molecule is O=C(NCCC1CCNCC1)c1cccc2ccccc12. The fourth-order valence-electron chi connectivity index (χ4n) is 3.08. The second-order valence-corrected chi connectivity index (χ2v) is 5.76. The molecule has 0 atom stereocenters. The van der Waals surface area contributed by atoms with E-state index < -0.39 is 0 Å². The van der Waals surface area contributed by atoms with Crippen LogP contribution in [0, 0.1) is 5.92 Å². The van der Waals surface area contributed by atoms with Gasteiger partial charge in [-0.25, -0.2) is 0 Å². The number of carbonyl (C=O) groups excluding carboxylic acids is 1. The number of amides is 1. The van der Waals surface area contributed by atoms with E-state index in [-0.39, 0.29) is 5.91 Å². The van der Waals surface area contributed by atoms with Crippen LogP contribution in [0.4, 0.5) is 0 Å². The van der Waals surface area contributed by atoms with E-state index in [9.17, 15) is 4.79 Å². The van der Waals surface area contributed by atoms with Gasteiger partial charge in [0.2, 0.25) is 0 Å². The molecule has 3 rings (SSSR count). The normalized spacial score (nSPS) is 16.0. The highest BCUT2D eigenvalue weighted by molar-refractivity contribution is 6.06. The Morgan fingerprint density at radius 1 is 1.10 bits per heavy atom. The van der Waals surface area contributed by atoms with E-state index in [1.54, 1.807) is 0 Å². The average molecular weight is 282 g/mol. The summed E-state index contributed by atoms with van der Waals surface area (Å²) >= 11 is 0. The first-order chi connectivity index (χ1) is 10.3. The van der Waals surface area contributed by atoms with Crippen molar-refractivity contribution in [2.75, 3.05) is 19.6 Å². The maximum atomic E-state index is 12.4. The highest BCUT2D eigenvalue weighted by Gasteiger charge is 2.14. The fourth-order valence-corrected chi connectivity index (χ4v) is 3.08. The molecule has 1 fully saturated rings. The molecular weight excluding hydrogens is 260 g/mol. The molecule has 21 heavy (non-hydrogen) atoms. The number of fused-ring (bicyclic) bond motifs is 1. The van der Waals surface area contributed by atoms with E-state index in [0.717, 1.165) is 48.3 Å². The predicted molar refractivity (Wildman–Crippen MR) is 86.5 cm³/mol. The lowest BCUT2D eigenvalue weighted by Crippen LogP contribution is -2.31. The van der Waals surface area contributed by atoms with E-state index in [4.69, 9.17) is 0 Å². The van der Waals surface area contributed by atoms with Crippen LogP contribution in [0.1, 0.15) is 29.6 Å². The number of benzene rings is 2. The molecule has 1 saturated heterocycles. The summed E-state index contributed by atoms with van der Waals surface area (Å²) < 4.78 is 0. The summed E-state index contributed by atoms with van der Waals surface area (Å²) in [5.41, 5.74) is 0.776. The Hall–Kier alpha value is -1.87. The number of hydrogen-bond acceptors (Lipinski definition) is 2. The molecule has 0 unspecified atom stereocenters. The van der Waals surface area contributed by atoms with Gasteiger partial charge in [-0.1, -0.05) is 36.4 Å². The van der Waals surface area contributed by atoms with Crippen molar-refractivity contribution in [3.05, 3.63) is 48.0 Å². The predicted octanol–water partition coefficient (Wildman–Crippen LogP) is 2.96. The summed E-state index contributed by atoms with van der Waals surface area (Å²) in [6, 6.07) is 13.9. The van der Waals surface area contributed by atoms with E-state index >= 15 is 0 Å². The summed E-state index contributed by atoms with van der Waals surface area (Å²) in [6.45, 7) is 3.00. The Balaban J connectivity index is 1.61. The third-order valence-corrected chi connectivity index (χ3v) is 4.33. The molecule has 110 valence electrons. The van der Waals surface area contributed by atoms with Crippen molar-refractivity contribution < 1.29 is 4.79 Å². The Morgan fingerprint density at radius 3 is 2.71 bits per heavy atom. The quantitative estimate of drug-likeness (QED) is 0.905. The largest absolute Gasteiger partial charge is 0.352 e. The number of rotatable bonds is 4. The van der Waals surface area contributed by atoms with Crippen LogP contribution in [-0.4, -0.2) is 25.5 Å². The van der Waals surface area contributed by atoms with Gasteiger partial charge in [0.25, 0.3) is 5.91 Å². The Morgan fingerprint density at radius 2 is 1.86 bits per heavy atom. The molecule has 1 aliphatic rings. The van der Waals surface area contributed by atoms with Crippen molar-refractivity contribution >= 4 is 16.7 Å². The molecule has 0 bridgehead atoms. The zero-order valence-electron chi connectivity index (χ0n) is 12.3. The summed E-state index contributed by atoms with van der Waals surface area (Å²) in [7, 11) is 0. The smallest absolute Gasteiger partial charge is 0.251 e. The summed E-state index contributed by atoms with van der Waals surface area (Å²) in [6.07, 6.45) is 3.53. The van der Waals surface area contributed by atoms with Gasteiger partial charge >= 0.3 is 0 Å². The summed E-state index contributed by atoms with van der Waals surface area (Å²) in [5.74, 6) is 0.791. The average Bonchev–Trinajstić information content (AvgIpc) is 2.55. The Bertz CT molecular complexity index is 612. The van der Waals surface area contributed by atoms with E-state index in [1.165, 1.54) is 12.8 Å². The molecule has 3 nitrogen and oxygen atoms in total. The minimum absolute atomic E-state index is 0.0423. The zero-order valence-corrected chi connectivity index (χ0v) is 12.3. The molecule has 0 radical (unpaired) electrons. The van der Waals surface area contributed by atoms with Crippen LogP contribution < -0.4 is 10.6 Å². The van der Waals surface area contributed by atoms with E-state index in [0.29, 0.717) is 0 Å². The van der Waals surface area contributed by atoms with Gasteiger partial charge in [-0.2, -0.15) is 0 Å². The van der Waals surface area contributed by atoms with E-state index in [1.807, 2.05) is 42.5 Å². The summed E-state index contributed by atoms with van der Waals surface area (Å²) in [5, 5.41) is 8.59.